The SMILES string of the molecule is CCCCCCCCCCCCCCCCCC(OC(=O)c1ccc(N)cc1)OC(=O)c1ccc(N)cc1. The highest BCUT2D eigenvalue weighted by molar-refractivity contribution is 5.91. The summed E-state index contributed by atoms with van der Waals surface area (Å²) in [5, 5.41) is 0. The molecule has 38 heavy (non-hydrogen) atoms. The normalized spacial score (nSPS) is 11.0. The van der Waals surface area contributed by atoms with E-state index < -0.39 is 18.2 Å². The van der Waals surface area contributed by atoms with Crippen LogP contribution in [0, 0.1) is 0 Å². The van der Waals surface area contributed by atoms with E-state index in [1.54, 1.807) is 48.5 Å². The summed E-state index contributed by atoms with van der Waals surface area (Å²) in [4.78, 5) is 25.2. The molecule has 2 rings (SSSR count). The molecule has 0 spiro atoms. The average molecular weight is 525 g/mol. The van der Waals surface area contributed by atoms with Gasteiger partial charge >= 0.3 is 11.9 Å². The van der Waals surface area contributed by atoms with Crippen LogP contribution in [0.15, 0.2) is 48.5 Å². The van der Waals surface area contributed by atoms with Gasteiger partial charge in [0.2, 0.25) is 6.29 Å². The van der Waals surface area contributed by atoms with Crippen LogP contribution in [-0.2, 0) is 9.47 Å². The summed E-state index contributed by atoms with van der Waals surface area (Å²) in [5.41, 5.74) is 13.3. The number of nitrogen functional groups attached to an aromatic ring is 2. The minimum absolute atomic E-state index is 0.365. The number of nitrogens with two attached hydrogens (primary N) is 2. The summed E-state index contributed by atoms with van der Waals surface area (Å²) in [7, 11) is 0. The van der Waals surface area contributed by atoms with Gasteiger partial charge in [-0.2, -0.15) is 0 Å². The first kappa shape index (κ1) is 31.2. The predicted octanol–water partition coefficient (Wildman–Crippen LogP) is 8.45. The maximum atomic E-state index is 12.6. The molecule has 2 aromatic rings. The second-order valence-electron chi connectivity index (χ2n) is 10.2. The van der Waals surface area contributed by atoms with E-state index >= 15 is 0 Å². The van der Waals surface area contributed by atoms with Gasteiger partial charge in [-0.1, -0.05) is 96.8 Å². The van der Waals surface area contributed by atoms with Gasteiger partial charge in [-0.3, -0.25) is 0 Å². The largest absolute Gasteiger partial charge is 0.422 e. The lowest BCUT2D eigenvalue weighted by molar-refractivity contribution is -0.0838. The third-order valence-corrected chi connectivity index (χ3v) is 6.81. The molecular formula is C32H48N2O4. The standard InChI is InChI=1S/C32H48N2O4/c1-2-3-4-5-6-7-8-9-10-11-12-13-14-15-16-17-30(37-31(35)26-18-22-28(33)23-19-26)38-32(36)27-20-24-29(34)25-21-27/h18-25,30H,2-17,33-34H2,1H3. The number of carbonyl (C=O) groups excluding carboxylic acids is 2. The summed E-state index contributed by atoms with van der Waals surface area (Å²) in [6.45, 7) is 2.26. The van der Waals surface area contributed by atoms with Crippen molar-refractivity contribution in [3.8, 4) is 0 Å². The van der Waals surface area contributed by atoms with Crippen LogP contribution in [0.3, 0.4) is 0 Å². The van der Waals surface area contributed by atoms with E-state index in [0.717, 1.165) is 19.3 Å². The van der Waals surface area contributed by atoms with Crippen molar-refractivity contribution in [1.29, 1.82) is 0 Å². The van der Waals surface area contributed by atoms with Gasteiger partial charge in [-0.05, 0) is 55.0 Å². The number of hydrogen-bond donors (Lipinski definition) is 2. The van der Waals surface area contributed by atoms with E-state index in [1.807, 2.05) is 0 Å². The van der Waals surface area contributed by atoms with E-state index in [0.29, 0.717) is 28.9 Å². The van der Waals surface area contributed by atoms with Crippen LogP contribution in [0.1, 0.15) is 130 Å². The monoisotopic (exact) mass is 524 g/mol. The Morgan fingerprint density at radius 1 is 0.553 bits per heavy atom. The van der Waals surface area contributed by atoms with Crippen molar-refractivity contribution in [1.82, 2.24) is 0 Å². The van der Waals surface area contributed by atoms with Crippen molar-refractivity contribution in [2.75, 3.05) is 11.5 Å². The van der Waals surface area contributed by atoms with Gasteiger partial charge in [0.05, 0.1) is 11.1 Å². The third kappa shape index (κ3) is 13.5. The Bertz CT molecular complexity index is 853. The van der Waals surface area contributed by atoms with E-state index in [-0.39, 0.29) is 0 Å². The van der Waals surface area contributed by atoms with Crippen molar-refractivity contribution in [2.45, 2.75) is 116 Å². The Morgan fingerprint density at radius 3 is 1.21 bits per heavy atom. The minimum Gasteiger partial charge on any atom is -0.422 e. The molecule has 6 heteroatoms. The molecule has 0 aliphatic rings. The molecule has 0 unspecified atom stereocenters. The lowest BCUT2D eigenvalue weighted by Gasteiger charge is -2.18. The van der Waals surface area contributed by atoms with Crippen LogP contribution < -0.4 is 11.5 Å². The number of anilines is 2. The summed E-state index contributed by atoms with van der Waals surface area (Å²) >= 11 is 0. The highest BCUT2D eigenvalue weighted by Crippen LogP contribution is 2.18. The highest BCUT2D eigenvalue weighted by Gasteiger charge is 2.21. The molecular weight excluding hydrogens is 476 g/mol. The molecule has 0 heterocycles. The molecule has 0 aliphatic carbocycles. The molecule has 6 nitrogen and oxygen atoms in total. The van der Waals surface area contributed by atoms with Gasteiger partial charge in [-0.15, -0.1) is 0 Å². The van der Waals surface area contributed by atoms with Crippen molar-refractivity contribution in [3.63, 3.8) is 0 Å². The van der Waals surface area contributed by atoms with Crippen molar-refractivity contribution < 1.29 is 19.1 Å². The van der Waals surface area contributed by atoms with E-state index in [4.69, 9.17) is 20.9 Å². The van der Waals surface area contributed by atoms with Crippen LogP contribution in [0.5, 0.6) is 0 Å². The van der Waals surface area contributed by atoms with Crippen LogP contribution in [-0.4, -0.2) is 18.2 Å². The molecule has 0 saturated carbocycles. The number of carbonyl (C=O) groups is 2. The molecule has 0 radical (unpaired) electrons. The molecule has 0 saturated heterocycles. The quantitative estimate of drug-likeness (QED) is 0.0779. The number of ether oxygens (including phenoxy) is 2. The summed E-state index contributed by atoms with van der Waals surface area (Å²) in [6.07, 6.45) is 18.6. The van der Waals surface area contributed by atoms with Gasteiger partial charge in [-0.25, -0.2) is 9.59 Å². The zero-order chi connectivity index (χ0) is 27.4. The second-order valence-corrected chi connectivity index (χ2v) is 10.2. The van der Waals surface area contributed by atoms with Gasteiger partial charge in [0.15, 0.2) is 0 Å². The number of benzene rings is 2. The number of esters is 2. The lowest BCUT2D eigenvalue weighted by Crippen LogP contribution is -2.25. The molecule has 0 amide bonds. The first-order valence-corrected chi connectivity index (χ1v) is 14.6. The Hall–Kier alpha value is -3.02. The molecule has 2 aromatic carbocycles. The fourth-order valence-electron chi connectivity index (χ4n) is 4.44. The number of unbranched alkanes of at least 4 members (excludes halogenated alkanes) is 14. The summed E-state index contributed by atoms with van der Waals surface area (Å²) in [6, 6.07) is 13.0. The number of hydrogen-bond acceptors (Lipinski definition) is 6. The molecule has 0 bridgehead atoms. The molecule has 0 aliphatic heterocycles. The highest BCUT2D eigenvalue weighted by atomic mass is 16.7. The fraction of sp³-hybridized carbons (Fsp3) is 0.562. The van der Waals surface area contributed by atoms with E-state index in [2.05, 4.69) is 6.92 Å². The van der Waals surface area contributed by atoms with Gasteiger partial charge in [0.25, 0.3) is 0 Å². The smallest absolute Gasteiger partial charge is 0.341 e. The molecule has 0 aromatic heterocycles. The molecule has 0 atom stereocenters. The first-order valence-electron chi connectivity index (χ1n) is 14.6. The van der Waals surface area contributed by atoms with E-state index in [9.17, 15) is 9.59 Å². The summed E-state index contributed by atoms with van der Waals surface area (Å²) < 4.78 is 11.1. The Morgan fingerprint density at radius 2 is 0.868 bits per heavy atom. The third-order valence-electron chi connectivity index (χ3n) is 6.81. The lowest BCUT2D eigenvalue weighted by atomic mass is 10.0. The maximum absolute atomic E-state index is 12.6. The predicted molar refractivity (Wildman–Crippen MR) is 156 cm³/mol. The second kappa shape index (κ2) is 19.1. The van der Waals surface area contributed by atoms with E-state index in [1.165, 1.54) is 77.0 Å². The van der Waals surface area contributed by atoms with Crippen LogP contribution in [0.25, 0.3) is 0 Å². The topological polar surface area (TPSA) is 105 Å². The van der Waals surface area contributed by atoms with Crippen molar-refractivity contribution in [2.24, 2.45) is 0 Å². The maximum Gasteiger partial charge on any atom is 0.341 e. The zero-order valence-corrected chi connectivity index (χ0v) is 23.3. The van der Waals surface area contributed by atoms with Crippen LogP contribution in [0.2, 0.25) is 0 Å². The van der Waals surface area contributed by atoms with Crippen LogP contribution in [0.4, 0.5) is 11.4 Å². The molecule has 4 N–H and O–H groups in total. The fourth-order valence-corrected chi connectivity index (χ4v) is 4.44. The number of rotatable bonds is 20. The molecule has 0 fully saturated rings. The molecule has 210 valence electrons. The van der Waals surface area contributed by atoms with Crippen molar-refractivity contribution in [3.05, 3.63) is 59.7 Å². The Kier molecular flexibility index (Phi) is 15.7. The van der Waals surface area contributed by atoms with Gasteiger partial charge in [0.1, 0.15) is 0 Å². The van der Waals surface area contributed by atoms with Crippen LogP contribution >= 0.6 is 0 Å². The zero-order valence-electron chi connectivity index (χ0n) is 23.3. The van der Waals surface area contributed by atoms with Crippen molar-refractivity contribution >= 4 is 23.3 Å². The van der Waals surface area contributed by atoms with Gasteiger partial charge in [0, 0.05) is 17.8 Å². The first-order chi connectivity index (χ1) is 18.5. The Balaban J connectivity index is 1.66. The summed E-state index contributed by atoms with van der Waals surface area (Å²) in [5.74, 6) is -1.08. The average Bonchev–Trinajstić information content (AvgIpc) is 2.91. The Labute approximate surface area is 229 Å². The minimum atomic E-state index is -0.952. The van der Waals surface area contributed by atoms with Gasteiger partial charge < -0.3 is 20.9 Å².